The Balaban J connectivity index is 2.36. The molecule has 0 aromatic carbocycles. The van der Waals surface area contributed by atoms with Gasteiger partial charge in [-0.15, -0.1) is 0 Å². The zero-order chi connectivity index (χ0) is 15.5. The lowest BCUT2D eigenvalue weighted by Gasteiger charge is -2.36. The molecule has 0 unspecified atom stereocenters. The fourth-order valence-electron chi connectivity index (χ4n) is 2.62. The molecule has 0 saturated carbocycles. The van der Waals surface area contributed by atoms with Crippen LogP contribution < -0.4 is 0 Å². The number of allylic oxidation sites excluding steroid dienone is 1. The first-order valence-corrected chi connectivity index (χ1v) is 6.81. The Morgan fingerprint density at radius 2 is 1.95 bits per heavy atom. The van der Waals surface area contributed by atoms with Crippen LogP contribution in [0.15, 0.2) is 11.8 Å². The average molecular weight is 298 g/mol. The summed E-state index contributed by atoms with van der Waals surface area (Å²) in [5.41, 5.74) is 0. The number of rotatable bonds is 3. The van der Waals surface area contributed by atoms with Gasteiger partial charge in [-0.25, -0.2) is 0 Å². The van der Waals surface area contributed by atoms with Crippen LogP contribution in [0.1, 0.15) is 33.1 Å². The molecule has 2 aliphatic rings. The summed E-state index contributed by atoms with van der Waals surface area (Å²) >= 11 is 0. The summed E-state index contributed by atoms with van der Waals surface area (Å²) in [5, 5.41) is 0. The van der Waals surface area contributed by atoms with Crippen LogP contribution in [0.25, 0.3) is 0 Å². The van der Waals surface area contributed by atoms with Gasteiger partial charge in [0.15, 0.2) is 0 Å². The quantitative estimate of drug-likeness (QED) is 0.434. The summed E-state index contributed by atoms with van der Waals surface area (Å²) in [6.45, 7) is 2.93. The van der Waals surface area contributed by atoms with Crippen LogP contribution in [0.4, 0.5) is 0 Å². The molecule has 0 radical (unpaired) electrons. The normalized spacial score (nSPS) is 33.5. The van der Waals surface area contributed by atoms with Crippen LogP contribution in [0.5, 0.6) is 0 Å². The van der Waals surface area contributed by atoms with E-state index in [1.165, 1.54) is 13.8 Å². The predicted octanol–water partition coefficient (Wildman–Crippen LogP) is 0.860. The molecule has 1 spiro atoms. The van der Waals surface area contributed by atoms with Gasteiger partial charge in [0, 0.05) is 26.3 Å². The van der Waals surface area contributed by atoms with Gasteiger partial charge < -0.3 is 18.9 Å². The maximum Gasteiger partial charge on any atom is 0.303 e. The zero-order valence-electron chi connectivity index (χ0n) is 12.0. The fourth-order valence-corrected chi connectivity index (χ4v) is 2.62. The van der Waals surface area contributed by atoms with Gasteiger partial charge in [-0.1, -0.05) is 0 Å². The summed E-state index contributed by atoms with van der Waals surface area (Å²) in [4.78, 5) is 33.4. The average Bonchev–Trinajstić information content (AvgIpc) is 2.65. The second kappa shape index (κ2) is 6.26. The second-order valence-electron chi connectivity index (χ2n) is 4.98. The number of carbonyl (C=O) groups excluding carboxylic acids is 3. The molecule has 116 valence electrons. The molecule has 0 bridgehead atoms. The first-order chi connectivity index (χ1) is 9.98. The third kappa shape index (κ3) is 3.24. The van der Waals surface area contributed by atoms with E-state index in [9.17, 15) is 14.4 Å². The third-order valence-electron chi connectivity index (χ3n) is 3.36. The molecular weight excluding hydrogens is 280 g/mol. The molecule has 3 atom stereocenters. The first-order valence-electron chi connectivity index (χ1n) is 6.81. The van der Waals surface area contributed by atoms with Crippen LogP contribution >= 0.6 is 0 Å². The van der Waals surface area contributed by atoms with Gasteiger partial charge in [-0.05, 0) is 12.8 Å². The lowest BCUT2D eigenvalue weighted by molar-refractivity contribution is -0.263. The number of ether oxygens (including phenoxy) is 4. The van der Waals surface area contributed by atoms with Gasteiger partial charge in [-0.2, -0.15) is 0 Å². The highest BCUT2D eigenvalue weighted by atomic mass is 16.7. The highest BCUT2D eigenvalue weighted by Crippen LogP contribution is 2.43. The van der Waals surface area contributed by atoms with Crippen molar-refractivity contribution in [3.63, 3.8) is 0 Å². The van der Waals surface area contributed by atoms with E-state index in [2.05, 4.69) is 0 Å². The van der Waals surface area contributed by atoms with Crippen molar-refractivity contribution in [3.05, 3.63) is 11.8 Å². The largest absolute Gasteiger partial charge is 0.458 e. The minimum atomic E-state index is -1.20. The van der Waals surface area contributed by atoms with Crippen molar-refractivity contribution >= 4 is 18.2 Å². The van der Waals surface area contributed by atoms with Gasteiger partial charge in [0.2, 0.25) is 12.2 Å². The molecule has 2 fully saturated rings. The van der Waals surface area contributed by atoms with Crippen molar-refractivity contribution in [2.45, 2.75) is 51.1 Å². The maximum absolute atomic E-state index is 11.4. The molecule has 2 aliphatic heterocycles. The summed E-state index contributed by atoms with van der Waals surface area (Å²) < 4.78 is 21.8. The summed E-state index contributed by atoms with van der Waals surface area (Å²) in [7, 11) is 0. The Morgan fingerprint density at radius 3 is 2.48 bits per heavy atom. The summed E-state index contributed by atoms with van der Waals surface area (Å²) in [6.07, 6.45) is 1.94. The van der Waals surface area contributed by atoms with E-state index in [-0.39, 0.29) is 5.76 Å². The molecule has 7 heteroatoms. The number of carbonyl (C=O) groups is 3. The van der Waals surface area contributed by atoms with Crippen molar-refractivity contribution in [2.24, 2.45) is 0 Å². The molecule has 0 amide bonds. The molecule has 21 heavy (non-hydrogen) atoms. The van der Waals surface area contributed by atoms with E-state index in [1.807, 2.05) is 0 Å². The molecule has 7 nitrogen and oxygen atoms in total. The van der Waals surface area contributed by atoms with Gasteiger partial charge in [0.05, 0.1) is 6.61 Å². The fraction of sp³-hybridized carbons (Fsp3) is 0.643. The molecule has 2 heterocycles. The molecule has 2 rings (SSSR count). The van der Waals surface area contributed by atoms with Crippen molar-refractivity contribution in [1.82, 2.24) is 0 Å². The summed E-state index contributed by atoms with van der Waals surface area (Å²) in [5.74, 6) is -2.17. The number of hydrogen-bond acceptors (Lipinski definition) is 7. The molecule has 2 saturated heterocycles. The minimum absolute atomic E-state index is 0.133. The van der Waals surface area contributed by atoms with E-state index in [0.29, 0.717) is 19.3 Å². The summed E-state index contributed by atoms with van der Waals surface area (Å²) in [6, 6.07) is 0. The Hall–Kier alpha value is -1.89. The number of hydrogen-bond donors (Lipinski definition) is 0. The topological polar surface area (TPSA) is 88.1 Å². The zero-order valence-corrected chi connectivity index (χ0v) is 12.0. The van der Waals surface area contributed by atoms with Crippen LogP contribution in [-0.2, 0) is 33.3 Å². The van der Waals surface area contributed by atoms with E-state index in [1.54, 1.807) is 0 Å². The van der Waals surface area contributed by atoms with Gasteiger partial charge in [0.1, 0.15) is 12.0 Å². The second-order valence-corrected chi connectivity index (χ2v) is 4.98. The van der Waals surface area contributed by atoms with E-state index in [4.69, 9.17) is 18.9 Å². The highest BCUT2D eigenvalue weighted by Gasteiger charge is 2.59. The Bertz CT molecular complexity index is 462. The Kier molecular flexibility index (Phi) is 4.62. The van der Waals surface area contributed by atoms with E-state index >= 15 is 0 Å². The molecule has 0 aromatic heterocycles. The predicted molar refractivity (Wildman–Crippen MR) is 68.9 cm³/mol. The highest BCUT2D eigenvalue weighted by molar-refractivity contribution is 5.69. The van der Waals surface area contributed by atoms with E-state index in [0.717, 1.165) is 18.9 Å². The van der Waals surface area contributed by atoms with Crippen molar-refractivity contribution in [2.75, 3.05) is 6.61 Å². The molecule has 0 N–H and O–H groups in total. The van der Waals surface area contributed by atoms with Gasteiger partial charge >= 0.3 is 11.9 Å². The van der Waals surface area contributed by atoms with Gasteiger partial charge in [-0.3, -0.25) is 14.4 Å². The first kappa shape index (κ1) is 15.5. The van der Waals surface area contributed by atoms with Crippen LogP contribution in [0.2, 0.25) is 0 Å². The maximum atomic E-state index is 11.4. The lowest BCUT2D eigenvalue weighted by Crippen LogP contribution is -2.50. The number of esters is 2. The van der Waals surface area contributed by atoms with Crippen molar-refractivity contribution < 1.29 is 33.3 Å². The lowest BCUT2D eigenvalue weighted by atomic mass is 9.98. The Labute approximate surface area is 122 Å². The van der Waals surface area contributed by atoms with Crippen molar-refractivity contribution in [1.29, 1.82) is 0 Å². The molecule has 0 aromatic rings. The monoisotopic (exact) mass is 298 g/mol. The Morgan fingerprint density at radius 1 is 1.24 bits per heavy atom. The molecular formula is C14H18O7. The third-order valence-corrected chi connectivity index (χ3v) is 3.36. The standard InChI is InChI=1S/C14H18O7/c1-9(16)19-12-11(5-7-15)21-14(6-3-4-8-18-14)13(12)20-10(2)17/h5,7,12-13H,3-4,6,8H2,1-2H3/b11-5-/t12-,13-,14+/m0/s1. The van der Waals surface area contributed by atoms with Gasteiger partial charge in [0.25, 0.3) is 5.79 Å². The van der Waals surface area contributed by atoms with Crippen molar-refractivity contribution in [3.8, 4) is 0 Å². The SMILES string of the molecule is CC(=O)O[C@H]1/C(=C/C=O)O[C@]2(CCCCO2)[C@H]1OC(C)=O. The number of aldehydes is 1. The van der Waals surface area contributed by atoms with Crippen LogP contribution in [0.3, 0.4) is 0 Å². The smallest absolute Gasteiger partial charge is 0.303 e. The molecule has 0 aliphatic carbocycles. The van der Waals surface area contributed by atoms with Crippen LogP contribution in [-0.4, -0.2) is 42.8 Å². The minimum Gasteiger partial charge on any atom is -0.458 e. The van der Waals surface area contributed by atoms with E-state index < -0.39 is 29.9 Å². The van der Waals surface area contributed by atoms with Crippen LogP contribution in [0, 0.1) is 0 Å².